The highest BCUT2D eigenvalue weighted by atomic mass is 16.6. The van der Waals surface area contributed by atoms with Crippen LogP contribution >= 0.6 is 0 Å². The van der Waals surface area contributed by atoms with Gasteiger partial charge in [-0.05, 0) is 18.7 Å². The van der Waals surface area contributed by atoms with Crippen LogP contribution in [-0.2, 0) is 11.3 Å². The van der Waals surface area contributed by atoms with Gasteiger partial charge in [-0.25, -0.2) is 4.79 Å². The summed E-state index contributed by atoms with van der Waals surface area (Å²) in [7, 11) is 3.75. The third kappa shape index (κ3) is 4.12. The highest BCUT2D eigenvalue weighted by Crippen LogP contribution is 2.31. The summed E-state index contributed by atoms with van der Waals surface area (Å²) < 4.78 is 11.0. The minimum Gasteiger partial charge on any atom is -0.496 e. The zero-order chi connectivity index (χ0) is 17.6. The first-order valence-corrected chi connectivity index (χ1v) is 8.48. The van der Waals surface area contributed by atoms with Crippen LogP contribution in [0.4, 0.5) is 4.79 Å². The Bertz CT molecular complexity index is 705. The van der Waals surface area contributed by atoms with Crippen molar-refractivity contribution in [2.75, 3.05) is 33.8 Å². The number of piperazine rings is 1. The largest absolute Gasteiger partial charge is 0.496 e. The van der Waals surface area contributed by atoms with E-state index in [0.717, 1.165) is 23.4 Å². The van der Waals surface area contributed by atoms with Crippen LogP contribution < -0.4 is 4.74 Å². The fourth-order valence-corrected chi connectivity index (χ4v) is 3.13. The van der Waals surface area contributed by atoms with E-state index in [0.29, 0.717) is 19.7 Å². The second-order valence-corrected chi connectivity index (χ2v) is 6.22. The van der Waals surface area contributed by atoms with Gasteiger partial charge in [-0.1, -0.05) is 48.5 Å². The van der Waals surface area contributed by atoms with Gasteiger partial charge in [0.05, 0.1) is 13.2 Å². The van der Waals surface area contributed by atoms with Crippen molar-refractivity contribution in [3.05, 3.63) is 65.7 Å². The Balaban J connectivity index is 1.66. The minimum atomic E-state index is -0.267. The summed E-state index contributed by atoms with van der Waals surface area (Å²) in [5.41, 5.74) is 2.08. The van der Waals surface area contributed by atoms with E-state index in [1.165, 1.54) is 0 Å². The second kappa shape index (κ2) is 8.03. The number of hydrogen-bond donors (Lipinski definition) is 0. The molecule has 2 aromatic carbocycles. The number of likely N-dealkylation sites (N-methyl/N-ethyl adjacent to an activating group) is 1. The lowest BCUT2D eigenvalue weighted by Crippen LogP contribution is -2.49. The van der Waals surface area contributed by atoms with Crippen LogP contribution in [0.2, 0.25) is 0 Å². The van der Waals surface area contributed by atoms with Crippen LogP contribution in [-0.4, -0.2) is 49.7 Å². The molecule has 1 unspecified atom stereocenters. The third-order valence-electron chi connectivity index (χ3n) is 4.61. The van der Waals surface area contributed by atoms with Gasteiger partial charge in [0.1, 0.15) is 12.4 Å². The van der Waals surface area contributed by atoms with Crippen molar-refractivity contribution < 1.29 is 14.3 Å². The summed E-state index contributed by atoms with van der Waals surface area (Å²) in [6.07, 6.45) is -0.267. The van der Waals surface area contributed by atoms with Gasteiger partial charge >= 0.3 is 6.09 Å². The van der Waals surface area contributed by atoms with Gasteiger partial charge < -0.3 is 14.4 Å². The van der Waals surface area contributed by atoms with E-state index in [9.17, 15) is 4.79 Å². The molecule has 3 rings (SSSR count). The molecule has 0 bridgehead atoms. The van der Waals surface area contributed by atoms with E-state index in [1.807, 2.05) is 48.5 Å². The summed E-state index contributed by atoms with van der Waals surface area (Å²) >= 11 is 0. The van der Waals surface area contributed by atoms with E-state index in [1.54, 1.807) is 12.0 Å². The molecule has 0 saturated carbocycles. The number of rotatable bonds is 4. The molecule has 2 aromatic rings. The molecule has 132 valence electrons. The molecule has 0 N–H and O–H groups in total. The number of carbonyl (C=O) groups is 1. The predicted molar refractivity (Wildman–Crippen MR) is 96.6 cm³/mol. The van der Waals surface area contributed by atoms with Crippen molar-refractivity contribution in [1.82, 2.24) is 9.80 Å². The minimum absolute atomic E-state index is 0.0918. The van der Waals surface area contributed by atoms with E-state index < -0.39 is 0 Å². The average Bonchev–Trinajstić information content (AvgIpc) is 2.67. The Kier molecular flexibility index (Phi) is 5.56. The molecule has 0 aliphatic carbocycles. The SMILES string of the molecule is COc1ccccc1C1CN(C(=O)OCc2ccccc2)CCN1C. The Morgan fingerprint density at radius 2 is 1.80 bits per heavy atom. The number of hydrogen-bond acceptors (Lipinski definition) is 4. The van der Waals surface area contributed by atoms with Crippen LogP contribution in [0, 0.1) is 0 Å². The van der Waals surface area contributed by atoms with Gasteiger partial charge in [0.2, 0.25) is 0 Å². The standard InChI is InChI=1S/C20H24N2O3/c1-21-12-13-22(20(23)25-15-16-8-4-3-5-9-16)14-18(21)17-10-6-7-11-19(17)24-2/h3-11,18H,12-15H2,1-2H3. The van der Waals surface area contributed by atoms with Crippen molar-refractivity contribution in [1.29, 1.82) is 0 Å². The molecule has 1 atom stereocenters. The molecule has 1 heterocycles. The molecule has 1 saturated heterocycles. The first-order chi connectivity index (χ1) is 12.2. The third-order valence-corrected chi connectivity index (χ3v) is 4.61. The van der Waals surface area contributed by atoms with E-state index >= 15 is 0 Å². The maximum atomic E-state index is 12.5. The molecule has 1 fully saturated rings. The molecule has 1 aliphatic heterocycles. The highest BCUT2D eigenvalue weighted by molar-refractivity contribution is 5.68. The average molecular weight is 340 g/mol. The van der Waals surface area contributed by atoms with E-state index in [4.69, 9.17) is 9.47 Å². The van der Waals surface area contributed by atoms with Gasteiger partial charge in [0, 0.05) is 25.2 Å². The number of benzene rings is 2. The first kappa shape index (κ1) is 17.3. The van der Waals surface area contributed by atoms with Crippen molar-refractivity contribution >= 4 is 6.09 Å². The molecule has 0 aromatic heterocycles. The number of ether oxygens (including phenoxy) is 2. The summed E-state index contributed by atoms with van der Waals surface area (Å²) in [6, 6.07) is 17.8. The van der Waals surface area contributed by atoms with Gasteiger partial charge in [-0.3, -0.25) is 4.90 Å². The topological polar surface area (TPSA) is 42.0 Å². The van der Waals surface area contributed by atoms with Gasteiger partial charge in [0.15, 0.2) is 0 Å². The lowest BCUT2D eigenvalue weighted by atomic mass is 10.0. The second-order valence-electron chi connectivity index (χ2n) is 6.22. The highest BCUT2D eigenvalue weighted by Gasteiger charge is 2.30. The maximum absolute atomic E-state index is 12.5. The summed E-state index contributed by atoms with van der Waals surface area (Å²) in [5.74, 6) is 0.846. The molecule has 25 heavy (non-hydrogen) atoms. The zero-order valence-corrected chi connectivity index (χ0v) is 14.7. The van der Waals surface area contributed by atoms with Crippen LogP contribution in [0.25, 0.3) is 0 Å². The van der Waals surface area contributed by atoms with Crippen molar-refractivity contribution in [2.45, 2.75) is 12.6 Å². The Labute approximate surface area is 148 Å². The molecule has 1 aliphatic rings. The van der Waals surface area contributed by atoms with Gasteiger partial charge in [0.25, 0.3) is 0 Å². The zero-order valence-electron chi connectivity index (χ0n) is 14.7. The van der Waals surface area contributed by atoms with Crippen LogP contribution in [0.15, 0.2) is 54.6 Å². The summed E-state index contributed by atoms with van der Waals surface area (Å²) in [4.78, 5) is 16.5. The number of para-hydroxylation sites is 1. The molecule has 0 spiro atoms. The van der Waals surface area contributed by atoms with Crippen LogP contribution in [0.1, 0.15) is 17.2 Å². The van der Waals surface area contributed by atoms with Crippen molar-refractivity contribution in [3.8, 4) is 5.75 Å². The lowest BCUT2D eigenvalue weighted by Gasteiger charge is -2.39. The summed E-state index contributed by atoms with van der Waals surface area (Å²) in [5, 5.41) is 0. The normalized spacial score (nSPS) is 18.0. The molecular weight excluding hydrogens is 316 g/mol. The lowest BCUT2D eigenvalue weighted by molar-refractivity contribution is 0.0558. The van der Waals surface area contributed by atoms with E-state index in [-0.39, 0.29) is 12.1 Å². The van der Waals surface area contributed by atoms with Gasteiger partial charge in [-0.15, -0.1) is 0 Å². The van der Waals surface area contributed by atoms with Crippen LogP contribution in [0.5, 0.6) is 5.75 Å². The Morgan fingerprint density at radius 1 is 1.08 bits per heavy atom. The fraction of sp³-hybridized carbons (Fsp3) is 0.350. The quantitative estimate of drug-likeness (QED) is 0.856. The first-order valence-electron chi connectivity index (χ1n) is 8.48. The monoisotopic (exact) mass is 340 g/mol. The smallest absolute Gasteiger partial charge is 0.410 e. The number of amides is 1. The number of nitrogens with zero attached hydrogens (tertiary/aromatic N) is 2. The number of carbonyl (C=O) groups excluding carboxylic acids is 1. The Morgan fingerprint density at radius 3 is 2.56 bits per heavy atom. The molecule has 5 nitrogen and oxygen atoms in total. The molecular formula is C20H24N2O3. The molecule has 5 heteroatoms. The molecule has 0 radical (unpaired) electrons. The van der Waals surface area contributed by atoms with Crippen LogP contribution in [0.3, 0.4) is 0 Å². The van der Waals surface area contributed by atoms with E-state index in [2.05, 4.69) is 18.0 Å². The Hall–Kier alpha value is -2.53. The van der Waals surface area contributed by atoms with Crippen molar-refractivity contribution in [3.63, 3.8) is 0 Å². The predicted octanol–water partition coefficient (Wildman–Crippen LogP) is 3.32. The van der Waals surface area contributed by atoms with Gasteiger partial charge in [-0.2, -0.15) is 0 Å². The fourth-order valence-electron chi connectivity index (χ4n) is 3.13. The number of methoxy groups -OCH3 is 1. The maximum Gasteiger partial charge on any atom is 0.410 e. The molecule has 1 amide bonds. The summed E-state index contributed by atoms with van der Waals surface area (Å²) in [6.45, 7) is 2.34. The van der Waals surface area contributed by atoms with Crippen molar-refractivity contribution in [2.24, 2.45) is 0 Å².